The van der Waals surface area contributed by atoms with Crippen LogP contribution >= 0.6 is 22.7 Å². The lowest BCUT2D eigenvalue weighted by Gasteiger charge is -2.01. The first-order valence-corrected chi connectivity index (χ1v) is 6.37. The van der Waals surface area contributed by atoms with E-state index >= 15 is 0 Å². The first-order valence-electron chi connectivity index (χ1n) is 4.61. The average molecular weight is 254 g/mol. The summed E-state index contributed by atoms with van der Waals surface area (Å²) in [4.78, 5) is 14.9. The van der Waals surface area contributed by atoms with Crippen LogP contribution in [-0.2, 0) is 6.54 Å². The van der Waals surface area contributed by atoms with Crippen molar-refractivity contribution in [3.8, 4) is 0 Å². The van der Waals surface area contributed by atoms with Crippen LogP contribution in [0.1, 0.15) is 20.8 Å². The number of carboxylic acid groups (broad SMARTS) is 1. The number of nitrogens with one attached hydrogen (secondary N) is 1. The van der Waals surface area contributed by atoms with Gasteiger partial charge in [-0.1, -0.05) is 11.3 Å². The zero-order chi connectivity index (χ0) is 11.5. The van der Waals surface area contributed by atoms with Gasteiger partial charge in [-0.3, -0.25) is 0 Å². The Morgan fingerprint density at radius 2 is 2.38 bits per heavy atom. The van der Waals surface area contributed by atoms with Crippen molar-refractivity contribution in [1.29, 1.82) is 0 Å². The molecule has 2 aromatic heterocycles. The Morgan fingerprint density at radius 3 is 2.94 bits per heavy atom. The maximum atomic E-state index is 10.6. The van der Waals surface area contributed by atoms with Gasteiger partial charge in [-0.2, -0.15) is 11.3 Å². The molecule has 0 radical (unpaired) electrons. The number of carbonyl (C=O) groups is 1. The second-order valence-corrected chi connectivity index (χ2v) is 5.04. The van der Waals surface area contributed by atoms with Crippen LogP contribution in [0, 0.1) is 6.92 Å². The van der Waals surface area contributed by atoms with E-state index in [0.29, 0.717) is 11.7 Å². The van der Waals surface area contributed by atoms with Crippen LogP contribution < -0.4 is 5.32 Å². The second-order valence-electron chi connectivity index (χ2n) is 3.27. The molecule has 0 bridgehead atoms. The highest BCUT2D eigenvalue weighted by Crippen LogP contribution is 2.20. The van der Waals surface area contributed by atoms with Gasteiger partial charge in [-0.25, -0.2) is 9.78 Å². The molecule has 2 rings (SSSR count). The van der Waals surface area contributed by atoms with Gasteiger partial charge in [0.15, 0.2) is 5.13 Å². The summed E-state index contributed by atoms with van der Waals surface area (Å²) >= 11 is 2.81. The number of thiazole rings is 1. The number of anilines is 1. The van der Waals surface area contributed by atoms with E-state index in [-0.39, 0.29) is 4.88 Å². The van der Waals surface area contributed by atoms with Gasteiger partial charge in [0.2, 0.25) is 0 Å². The molecular formula is C10H10N2O2S2. The number of thiophene rings is 1. The maximum absolute atomic E-state index is 10.6. The summed E-state index contributed by atoms with van der Waals surface area (Å²) in [6, 6.07) is 0. The number of hydrogen-bond acceptors (Lipinski definition) is 5. The SMILES string of the molecule is Cc1cscc1CNc1ncc(C(=O)O)s1. The third-order valence-electron chi connectivity index (χ3n) is 2.11. The van der Waals surface area contributed by atoms with Crippen molar-refractivity contribution in [3.05, 3.63) is 33.0 Å². The van der Waals surface area contributed by atoms with Gasteiger partial charge < -0.3 is 10.4 Å². The molecule has 0 spiro atoms. The summed E-state index contributed by atoms with van der Waals surface area (Å²) < 4.78 is 0. The van der Waals surface area contributed by atoms with E-state index in [1.54, 1.807) is 11.3 Å². The van der Waals surface area contributed by atoms with Gasteiger partial charge in [-0.15, -0.1) is 0 Å². The molecule has 0 unspecified atom stereocenters. The molecule has 4 nitrogen and oxygen atoms in total. The average Bonchev–Trinajstić information content (AvgIpc) is 2.83. The fourth-order valence-corrected chi connectivity index (χ4v) is 2.70. The Balaban J connectivity index is 2.00. The molecule has 6 heteroatoms. The standard InChI is InChI=1S/C10H10N2O2S2/c1-6-4-15-5-7(6)2-11-10-12-3-8(16-10)9(13)14/h3-5H,2H2,1H3,(H,11,12)(H,13,14). The van der Waals surface area contributed by atoms with Crippen LogP contribution in [-0.4, -0.2) is 16.1 Å². The molecule has 0 aliphatic carbocycles. The quantitative estimate of drug-likeness (QED) is 0.880. The minimum Gasteiger partial charge on any atom is -0.477 e. The number of aromatic carboxylic acids is 1. The van der Waals surface area contributed by atoms with Crippen LogP contribution in [0.2, 0.25) is 0 Å². The predicted octanol–water partition coefficient (Wildman–Crippen LogP) is 2.82. The van der Waals surface area contributed by atoms with Crippen LogP contribution in [0.4, 0.5) is 5.13 Å². The van der Waals surface area contributed by atoms with E-state index in [9.17, 15) is 4.79 Å². The van der Waals surface area contributed by atoms with Crippen molar-refractivity contribution >= 4 is 33.8 Å². The Bertz CT molecular complexity index is 504. The minimum atomic E-state index is -0.933. The third-order valence-corrected chi connectivity index (χ3v) is 3.96. The van der Waals surface area contributed by atoms with Crippen molar-refractivity contribution in [2.75, 3.05) is 5.32 Å². The molecular weight excluding hydrogens is 244 g/mol. The van der Waals surface area contributed by atoms with E-state index in [1.165, 1.54) is 17.3 Å². The summed E-state index contributed by atoms with van der Waals surface area (Å²) in [6.45, 7) is 2.74. The van der Waals surface area contributed by atoms with E-state index in [4.69, 9.17) is 5.11 Å². The second kappa shape index (κ2) is 4.63. The number of carboxylic acids is 1. The molecule has 0 fully saturated rings. The molecule has 0 aromatic carbocycles. The smallest absolute Gasteiger partial charge is 0.347 e. The number of aromatic nitrogens is 1. The van der Waals surface area contributed by atoms with Crippen LogP contribution in [0.15, 0.2) is 17.0 Å². The zero-order valence-corrected chi connectivity index (χ0v) is 10.2. The fraction of sp³-hybridized carbons (Fsp3) is 0.200. The third kappa shape index (κ3) is 2.40. The lowest BCUT2D eigenvalue weighted by molar-refractivity contribution is 0.0702. The summed E-state index contributed by atoms with van der Waals surface area (Å²) in [6.07, 6.45) is 1.37. The maximum Gasteiger partial charge on any atom is 0.347 e. The normalized spacial score (nSPS) is 10.3. The number of hydrogen-bond donors (Lipinski definition) is 2. The summed E-state index contributed by atoms with van der Waals surface area (Å²) in [5, 5.41) is 16.7. The van der Waals surface area contributed by atoms with Gasteiger partial charge in [0.05, 0.1) is 6.20 Å². The fourth-order valence-electron chi connectivity index (χ4n) is 1.19. The molecule has 0 aliphatic heterocycles. The first kappa shape index (κ1) is 11.1. The van der Waals surface area contributed by atoms with Gasteiger partial charge in [0.25, 0.3) is 0 Å². The van der Waals surface area contributed by atoms with Gasteiger partial charge in [0, 0.05) is 6.54 Å². The molecule has 0 atom stereocenters. The van der Waals surface area contributed by atoms with Crippen molar-refractivity contribution in [2.24, 2.45) is 0 Å². The van der Waals surface area contributed by atoms with Gasteiger partial charge in [0.1, 0.15) is 4.88 Å². The highest BCUT2D eigenvalue weighted by atomic mass is 32.1. The Kier molecular flexibility index (Phi) is 3.21. The largest absolute Gasteiger partial charge is 0.477 e. The van der Waals surface area contributed by atoms with Crippen molar-refractivity contribution in [2.45, 2.75) is 13.5 Å². The van der Waals surface area contributed by atoms with Crippen molar-refractivity contribution in [3.63, 3.8) is 0 Å². The lowest BCUT2D eigenvalue weighted by atomic mass is 10.2. The number of nitrogens with zero attached hydrogens (tertiary/aromatic N) is 1. The number of rotatable bonds is 4. The molecule has 16 heavy (non-hydrogen) atoms. The lowest BCUT2D eigenvalue weighted by Crippen LogP contribution is -1.98. The molecule has 0 saturated heterocycles. The Morgan fingerprint density at radius 1 is 1.56 bits per heavy atom. The highest BCUT2D eigenvalue weighted by Gasteiger charge is 2.08. The Hall–Kier alpha value is -1.40. The number of aryl methyl sites for hydroxylation is 1. The Labute approximate surface area is 101 Å². The van der Waals surface area contributed by atoms with Gasteiger partial charge in [-0.05, 0) is 28.8 Å². The molecule has 2 N–H and O–H groups in total. The predicted molar refractivity (Wildman–Crippen MR) is 65.5 cm³/mol. The highest BCUT2D eigenvalue weighted by molar-refractivity contribution is 7.17. The van der Waals surface area contributed by atoms with E-state index in [2.05, 4.69) is 28.0 Å². The first-order chi connectivity index (χ1) is 7.66. The molecule has 0 aliphatic rings. The zero-order valence-electron chi connectivity index (χ0n) is 8.56. The summed E-state index contributed by atoms with van der Waals surface area (Å²) in [5.74, 6) is -0.933. The monoisotopic (exact) mass is 254 g/mol. The molecule has 0 saturated carbocycles. The molecule has 2 aromatic rings. The van der Waals surface area contributed by atoms with Crippen molar-refractivity contribution < 1.29 is 9.90 Å². The summed E-state index contributed by atoms with van der Waals surface area (Å²) in [5.41, 5.74) is 2.46. The molecule has 84 valence electrons. The van der Waals surface area contributed by atoms with Crippen LogP contribution in [0.25, 0.3) is 0 Å². The van der Waals surface area contributed by atoms with Crippen molar-refractivity contribution in [1.82, 2.24) is 4.98 Å². The van der Waals surface area contributed by atoms with E-state index in [0.717, 1.165) is 11.3 Å². The van der Waals surface area contributed by atoms with Gasteiger partial charge >= 0.3 is 5.97 Å². The van der Waals surface area contributed by atoms with E-state index < -0.39 is 5.97 Å². The molecule has 2 heterocycles. The molecule has 0 amide bonds. The van der Waals surface area contributed by atoms with E-state index in [1.807, 2.05) is 0 Å². The van der Waals surface area contributed by atoms with Crippen LogP contribution in [0.5, 0.6) is 0 Å². The van der Waals surface area contributed by atoms with Crippen LogP contribution in [0.3, 0.4) is 0 Å². The topological polar surface area (TPSA) is 62.2 Å². The summed E-state index contributed by atoms with van der Waals surface area (Å²) in [7, 11) is 0. The minimum absolute atomic E-state index is 0.254.